The van der Waals surface area contributed by atoms with Crippen LogP contribution in [0.2, 0.25) is 0 Å². The Morgan fingerprint density at radius 1 is 1.17 bits per heavy atom. The van der Waals surface area contributed by atoms with Crippen LogP contribution >= 0.6 is 0 Å². The highest BCUT2D eigenvalue weighted by molar-refractivity contribution is 5.79. The van der Waals surface area contributed by atoms with Crippen molar-refractivity contribution < 1.29 is 9.21 Å². The highest BCUT2D eigenvalue weighted by atomic mass is 16.4. The SMILES string of the molecule is CN(CC1CC(=O)N(C2CCCC2)C1)c1nnc(C2CCC2)o1. The zero-order chi connectivity index (χ0) is 15.8. The fourth-order valence-electron chi connectivity index (χ4n) is 4.17. The summed E-state index contributed by atoms with van der Waals surface area (Å²) < 4.78 is 5.82. The van der Waals surface area contributed by atoms with E-state index in [1.807, 2.05) is 11.9 Å². The Morgan fingerprint density at radius 2 is 1.96 bits per heavy atom. The summed E-state index contributed by atoms with van der Waals surface area (Å²) in [7, 11) is 1.99. The maximum absolute atomic E-state index is 12.3. The number of aromatic nitrogens is 2. The van der Waals surface area contributed by atoms with E-state index >= 15 is 0 Å². The van der Waals surface area contributed by atoms with Gasteiger partial charge in [-0.05, 0) is 25.7 Å². The predicted molar refractivity (Wildman–Crippen MR) is 86.2 cm³/mol. The van der Waals surface area contributed by atoms with Gasteiger partial charge in [0.05, 0.1) is 0 Å². The number of nitrogens with zero attached hydrogens (tertiary/aromatic N) is 4. The summed E-state index contributed by atoms with van der Waals surface area (Å²) in [5.74, 6) is 1.95. The molecule has 0 aromatic carbocycles. The molecule has 0 bridgehead atoms. The van der Waals surface area contributed by atoms with Gasteiger partial charge in [-0.2, -0.15) is 0 Å². The van der Waals surface area contributed by atoms with Crippen molar-refractivity contribution in [2.24, 2.45) is 5.92 Å². The molecule has 0 N–H and O–H groups in total. The summed E-state index contributed by atoms with van der Waals surface area (Å²) in [4.78, 5) is 16.4. The average Bonchev–Trinajstić information content (AvgIpc) is 3.17. The lowest BCUT2D eigenvalue weighted by molar-refractivity contribution is -0.129. The van der Waals surface area contributed by atoms with Crippen molar-refractivity contribution in [3.05, 3.63) is 5.89 Å². The minimum Gasteiger partial charge on any atom is -0.408 e. The zero-order valence-electron chi connectivity index (χ0n) is 13.9. The Kier molecular flexibility index (Phi) is 3.99. The molecule has 1 saturated heterocycles. The van der Waals surface area contributed by atoms with Crippen LogP contribution in [-0.2, 0) is 4.79 Å². The van der Waals surface area contributed by atoms with E-state index in [4.69, 9.17) is 4.42 Å². The van der Waals surface area contributed by atoms with Crippen molar-refractivity contribution >= 4 is 11.9 Å². The van der Waals surface area contributed by atoms with Crippen LogP contribution in [0.1, 0.15) is 63.2 Å². The third-order valence-corrected chi connectivity index (χ3v) is 5.75. The third kappa shape index (κ3) is 2.95. The molecule has 1 atom stereocenters. The fourth-order valence-corrected chi connectivity index (χ4v) is 4.17. The zero-order valence-corrected chi connectivity index (χ0v) is 13.9. The quantitative estimate of drug-likeness (QED) is 0.835. The summed E-state index contributed by atoms with van der Waals surface area (Å²) >= 11 is 0. The summed E-state index contributed by atoms with van der Waals surface area (Å²) in [6.07, 6.45) is 9.16. The van der Waals surface area contributed by atoms with Crippen LogP contribution in [0.3, 0.4) is 0 Å². The molecule has 3 fully saturated rings. The first-order chi connectivity index (χ1) is 11.2. The summed E-state index contributed by atoms with van der Waals surface area (Å²) in [5.41, 5.74) is 0. The largest absolute Gasteiger partial charge is 0.408 e. The van der Waals surface area contributed by atoms with Crippen LogP contribution in [0.4, 0.5) is 6.01 Å². The van der Waals surface area contributed by atoms with Crippen LogP contribution in [0.25, 0.3) is 0 Å². The molecular weight excluding hydrogens is 292 g/mol. The number of hydrogen-bond donors (Lipinski definition) is 0. The topological polar surface area (TPSA) is 62.5 Å². The van der Waals surface area contributed by atoms with Gasteiger partial charge >= 0.3 is 6.01 Å². The van der Waals surface area contributed by atoms with E-state index in [0.29, 0.717) is 36.2 Å². The Balaban J connectivity index is 1.34. The second kappa shape index (κ2) is 6.13. The van der Waals surface area contributed by atoms with E-state index in [-0.39, 0.29) is 0 Å². The van der Waals surface area contributed by atoms with Crippen LogP contribution in [0.15, 0.2) is 4.42 Å². The maximum Gasteiger partial charge on any atom is 0.317 e. The Labute approximate surface area is 137 Å². The molecule has 6 nitrogen and oxygen atoms in total. The van der Waals surface area contributed by atoms with Crippen molar-refractivity contribution in [2.75, 3.05) is 25.0 Å². The predicted octanol–water partition coefficient (Wildman–Crippen LogP) is 2.56. The monoisotopic (exact) mass is 318 g/mol. The van der Waals surface area contributed by atoms with Gasteiger partial charge in [-0.15, -0.1) is 5.10 Å². The van der Waals surface area contributed by atoms with E-state index in [1.54, 1.807) is 0 Å². The summed E-state index contributed by atoms with van der Waals surface area (Å²) in [5, 5.41) is 8.38. The molecule has 4 rings (SSSR count). The number of amides is 1. The standard InChI is InChI=1S/C17H26N4O2/c1-20(17-19-18-16(23-17)13-5-4-6-13)10-12-9-15(22)21(11-12)14-7-2-3-8-14/h12-14H,2-11H2,1H3. The highest BCUT2D eigenvalue weighted by Gasteiger charge is 2.36. The smallest absolute Gasteiger partial charge is 0.317 e. The molecule has 0 radical (unpaired) electrons. The molecule has 6 heteroatoms. The van der Waals surface area contributed by atoms with Crippen LogP contribution < -0.4 is 4.90 Å². The van der Waals surface area contributed by atoms with Gasteiger partial charge in [0, 0.05) is 44.4 Å². The average molecular weight is 318 g/mol. The number of anilines is 1. The molecule has 1 amide bonds. The second-order valence-corrected chi connectivity index (χ2v) is 7.49. The van der Waals surface area contributed by atoms with E-state index < -0.39 is 0 Å². The van der Waals surface area contributed by atoms with E-state index in [0.717, 1.165) is 19.0 Å². The van der Waals surface area contributed by atoms with Crippen molar-refractivity contribution in [3.8, 4) is 0 Å². The van der Waals surface area contributed by atoms with Crippen LogP contribution in [0.5, 0.6) is 0 Å². The minimum absolute atomic E-state index is 0.330. The number of carbonyl (C=O) groups excluding carboxylic acids is 1. The molecule has 1 aromatic heterocycles. The normalized spacial score (nSPS) is 26.0. The van der Waals surface area contributed by atoms with Crippen molar-refractivity contribution in [3.63, 3.8) is 0 Å². The molecule has 2 heterocycles. The van der Waals surface area contributed by atoms with E-state index in [9.17, 15) is 4.79 Å². The van der Waals surface area contributed by atoms with Gasteiger partial charge < -0.3 is 14.2 Å². The van der Waals surface area contributed by atoms with Crippen molar-refractivity contribution in [1.82, 2.24) is 15.1 Å². The molecule has 1 aromatic rings. The first-order valence-electron chi connectivity index (χ1n) is 9.04. The molecule has 2 aliphatic carbocycles. The number of rotatable bonds is 5. The third-order valence-electron chi connectivity index (χ3n) is 5.75. The van der Waals surface area contributed by atoms with Crippen molar-refractivity contribution in [2.45, 2.75) is 63.3 Å². The summed E-state index contributed by atoms with van der Waals surface area (Å²) in [6.45, 7) is 1.69. The molecular formula is C17H26N4O2. The van der Waals surface area contributed by atoms with Gasteiger partial charge in [0.1, 0.15) is 0 Å². The Morgan fingerprint density at radius 3 is 2.65 bits per heavy atom. The molecule has 23 heavy (non-hydrogen) atoms. The number of hydrogen-bond acceptors (Lipinski definition) is 5. The second-order valence-electron chi connectivity index (χ2n) is 7.49. The Hall–Kier alpha value is -1.59. The van der Waals surface area contributed by atoms with Gasteiger partial charge in [0.15, 0.2) is 0 Å². The van der Waals surface area contributed by atoms with Gasteiger partial charge in [-0.1, -0.05) is 24.4 Å². The molecule has 126 valence electrons. The molecule has 1 aliphatic heterocycles. The van der Waals surface area contributed by atoms with Gasteiger partial charge in [0.2, 0.25) is 11.8 Å². The number of likely N-dealkylation sites (tertiary alicyclic amines) is 1. The first kappa shape index (κ1) is 15.0. The molecule has 2 saturated carbocycles. The van der Waals surface area contributed by atoms with Gasteiger partial charge in [-0.3, -0.25) is 4.79 Å². The lowest BCUT2D eigenvalue weighted by Crippen LogP contribution is -2.35. The van der Waals surface area contributed by atoms with Gasteiger partial charge in [0.25, 0.3) is 0 Å². The first-order valence-corrected chi connectivity index (χ1v) is 9.04. The fraction of sp³-hybridized carbons (Fsp3) is 0.824. The Bertz CT molecular complexity index is 563. The highest BCUT2D eigenvalue weighted by Crippen LogP contribution is 2.36. The molecule has 1 unspecified atom stereocenters. The van der Waals surface area contributed by atoms with Gasteiger partial charge in [-0.25, -0.2) is 0 Å². The lowest BCUT2D eigenvalue weighted by Gasteiger charge is -2.25. The van der Waals surface area contributed by atoms with E-state index in [2.05, 4.69) is 15.1 Å². The lowest BCUT2D eigenvalue weighted by atomic mass is 9.85. The van der Waals surface area contributed by atoms with E-state index in [1.165, 1.54) is 44.9 Å². The van der Waals surface area contributed by atoms with Crippen molar-refractivity contribution in [1.29, 1.82) is 0 Å². The summed E-state index contributed by atoms with van der Waals surface area (Å²) in [6, 6.07) is 1.09. The number of carbonyl (C=O) groups is 1. The van der Waals surface area contributed by atoms with Crippen LogP contribution in [0, 0.1) is 5.92 Å². The maximum atomic E-state index is 12.3. The molecule has 0 spiro atoms. The van der Waals surface area contributed by atoms with Crippen LogP contribution in [-0.4, -0.2) is 47.2 Å². The molecule has 3 aliphatic rings. The minimum atomic E-state index is 0.330.